The number of ether oxygens (including phenoxy) is 3. The van der Waals surface area contributed by atoms with Crippen LogP contribution in [0.25, 0.3) is 0 Å². The molecule has 9 nitrogen and oxygen atoms in total. The van der Waals surface area contributed by atoms with Crippen molar-refractivity contribution in [3.63, 3.8) is 0 Å². The molecule has 232 valence electrons. The number of nitrogens with zero attached hydrogens (tertiary/aromatic N) is 4. The van der Waals surface area contributed by atoms with E-state index < -0.39 is 8.07 Å². The zero-order chi connectivity index (χ0) is 31.3. The molecule has 0 radical (unpaired) electrons. The van der Waals surface area contributed by atoms with Crippen LogP contribution in [0.4, 0.5) is 11.4 Å². The van der Waals surface area contributed by atoms with Crippen molar-refractivity contribution in [1.82, 2.24) is 15.0 Å². The molecule has 1 aliphatic heterocycles. The minimum atomic E-state index is -2.17. The van der Waals surface area contributed by atoms with Crippen molar-refractivity contribution in [2.45, 2.75) is 57.2 Å². The number of benzene rings is 3. The predicted molar refractivity (Wildman–Crippen MR) is 174 cm³/mol. The molecule has 0 bridgehead atoms. The second-order valence-corrected chi connectivity index (χ2v) is 16.7. The maximum atomic E-state index is 12.2. The van der Waals surface area contributed by atoms with Gasteiger partial charge in [-0.3, -0.25) is 14.4 Å². The van der Waals surface area contributed by atoms with Gasteiger partial charge in [-0.2, -0.15) is 0 Å². The average Bonchev–Trinajstić information content (AvgIpc) is 3.49. The third-order valence-corrected chi connectivity index (χ3v) is 13.3. The van der Waals surface area contributed by atoms with Crippen molar-refractivity contribution in [2.24, 2.45) is 5.92 Å². The summed E-state index contributed by atoms with van der Waals surface area (Å²) in [6, 6.07) is 23.9. The van der Waals surface area contributed by atoms with Gasteiger partial charge in [0.05, 0.1) is 27.0 Å². The first-order chi connectivity index (χ1) is 21.3. The molecule has 10 heteroatoms. The highest BCUT2D eigenvalue weighted by molar-refractivity contribution is 6.91. The topological polar surface area (TPSA) is 98.9 Å². The smallest absolute Gasteiger partial charge is 0.218 e. The largest absolute Gasteiger partial charge is 0.497 e. The maximum Gasteiger partial charge on any atom is 0.218 e. The van der Waals surface area contributed by atoms with Crippen LogP contribution in [0.2, 0.25) is 18.6 Å². The summed E-state index contributed by atoms with van der Waals surface area (Å²) in [5, 5.41) is 19.2. The number of methoxy groups -OCH3 is 2. The standard InChI is InChI=1S/C34H42N4O5Si/c1-24-33(42-3)30-21-27(38(23-40)26-9-7-6-8-10-26)11-16-31(30)43-34(24)32(17-19-37-22-25(18-20-39)35-36-37)44(4,5)29-14-12-28(41-2)13-15-29/h6-16,21-24,32-34,39H,17-20H2,1-5H3/t24-,32?,33-,34-/m1/s1. The van der Waals surface area contributed by atoms with Crippen molar-refractivity contribution in [1.29, 1.82) is 0 Å². The van der Waals surface area contributed by atoms with Crippen molar-refractivity contribution in [2.75, 3.05) is 25.7 Å². The van der Waals surface area contributed by atoms with Gasteiger partial charge in [0.2, 0.25) is 6.41 Å². The molecule has 3 aromatic carbocycles. The highest BCUT2D eigenvalue weighted by atomic mass is 28.3. The molecule has 1 aliphatic rings. The second-order valence-electron chi connectivity index (χ2n) is 11.9. The molecule has 5 rings (SSSR count). The fourth-order valence-electron chi connectivity index (χ4n) is 6.49. The highest BCUT2D eigenvalue weighted by Crippen LogP contribution is 2.48. The van der Waals surface area contributed by atoms with E-state index in [9.17, 15) is 9.90 Å². The van der Waals surface area contributed by atoms with Crippen LogP contribution >= 0.6 is 0 Å². The Balaban J connectivity index is 1.50. The van der Waals surface area contributed by atoms with E-state index in [-0.39, 0.29) is 30.3 Å². The number of para-hydroxylation sites is 1. The normalized spacial score (nSPS) is 18.6. The zero-order valence-electron chi connectivity index (χ0n) is 26.1. The first-order valence-corrected chi connectivity index (χ1v) is 18.2. The lowest BCUT2D eigenvalue weighted by molar-refractivity contribution is -0.106. The Labute approximate surface area is 260 Å². The number of carbonyl (C=O) groups is 1. The van der Waals surface area contributed by atoms with Gasteiger partial charge in [-0.25, -0.2) is 0 Å². The monoisotopic (exact) mass is 614 g/mol. The van der Waals surface area contributed by atoms with Gasteiger partial charge in [-0.15, -0.1) is 5.10 Å². The first-order valence-electron chi connectivity index (χ1n) is 15.1. The van der Waals surface area contributed by atoms with E-state index >= 15 is 0 Å². The van der Waals surface area contributed by atoms with Gasteiger partial charge < -0.3 is 19.3 Å². The van der Waals surface area contributed by atoms with Crippen LogP contribution in [-0.4, -0.2) is 61.5 Å². The Morgan fingerprint density at radius 2 is 1.82 bits per heavy atom. The number of hydrogen-bond acceptors (Lipinski definition) is 7. The number of aryl methyl sites for hydroxylation is 1. The summed E-state index contributed by atoms with van der Waals surface area (Å²) in [4.78, 5) is 13.8. The summed E-state index contributed by atoms with van der Waals surface area (Å²) in [6.07, 6.45) is 3.72. The minimum absolute atomic E-state index is 0.0277. The van der Waals surface area contributed by atoms with E-state index in [1.54, 1.807) is 19.1 Å². The molecule has 0 saturated heterocycles. The SMILES string of the molecule is COc1ccc([Si](C)(C)C(CCn2cc(CCO)nn2)[C@@H]2Oc3ccc(N(C=O)c4ccccc4)cc3[C@H](OC)[C@H]2C)cc1. The lowest BCUT2D eigenvalue weighted by Gasteiger charge is -2.46. The number of aromatic nitrogens is 3. The number of carbonyl (C=O) groups excluding carboxylic acids is 1. The summed E-state index contributed by atoms with van der Waals surface area (Å²) >= 11 is 0. The van der Waals surface area contributed by atoms with Crippen LogP contribution in [0.15, 0.2) is 79.0 Å². The molecule has 1 amide bonds. The van der Waals surface area contributed by atoms with E-state index in [4.69, 9.17) is 14.2 Å². The maximum absolute atomic E-state index is 12.2. The predicted octanol–water partition coefficient (Wildman–Crippen LogP) is 5.28. The Hall–Kier alpha value is -3.99. The summed E-state index contributed by atoms with van der Waals surface area (Å²) < 4.78 is 20.4. The Morgan fingerprint density at radius 1 is 1.07 bits per heavy atom. The second kappa shape index (κ2) is 13.8. The van der Waals surface area contributed by atoms with Crippen molar-refractivity contribution in [3.8, 4) is 11.5 Å². The van der Waals surface area contributed by atoms with E-state index in [2.05, 4.69) is 42.5 Å². The van der Waals surface area contributed by atoms with Gasteiger partial charge >= 0.3 is 0 Å². The van der Waals surface area contributed by atoms with Gasteiger partial charge in [-0.05, 0) is 54.4 Å². The number of amides is 1. The lowest BCUT2D eigenvalue weighted by Crippen LogP contribution is -2.54. The molecule has 0 fully saturated rings. The minimum Gasteiger partial charge on any atom is -0.497 e. The number of aliphatic hydroxyl groups excluding tert-OH is 1. The number of aliphatic hydroxyl groups is 1. The summed E-state index contributed by atoms with van der Waals surface area (Å²) in [5.74, 6) is 1.64. The number of anilines is 2. The molecular weight excluding hydrogens is 572 g/mol. The lowest BCUT2D eigenvalue weighted by atomic mass is 9.86. The summed E-state index contributed by atoms with van der Waals surface area (Å²) in [7, 11) is 1.26. The van der Waals surface area contributed by atoms with Gasteiger partial charge in [-0.1, -0.05) is 60.7 Å². The number of hydrogen-bond donors (Lipinski definition) is 1. The van der Waals surface area contributed by atoms with Gasteiger partial charge in [0.25, 0.3) is 0 Å². The van der Waals surface area contributed by atoms with Crippen LogP contribution in [0.1, 0.15) is 30.7 Å². The third-order valence-electron chi connectivity index (χ3n) is 9.01. The summed E-state index contributed by atoms with van der Waals surface area (Å²) in [5.41, 5.74) is 3.46. The van der Waals surface area contributed by atoms with Gasteiger partial charge in [0, 0.05) is 55.7 Å². The van der Waals surface area contributed by atoms with Crippen LogP contribution in [-0.2, 0) is 22.5 Å². The fraction of sp³-hybridized carbons (Fsp3) is 0.382. The van der Waals surface area contributed by atoms with Crippen molar-refractivity contribution >= 4 is 31.0 Å². The van der Waals surface area contributed by atoms with E-state index in [0.29, 0.717) is 13.0 Å². The number of rotatable bonds is 13. The Morgan fingerprint density at radius 3 is 2.48 bits per heavy atom. The quantitative estimate of drug-likeness (QED) is 0.162. The van der Waals surface area contributed by atoms with Gasteiger partial charge in [0.15, 0.2) is 0 Å². The zero-order valence-corrected chi connectivity index (χ0v) is 27.1. The Kier molecular flexibility index (Phi) is 9.83. The van der Waals surface area contributed by atoms with E-state index in [1.807, 2.05) is 71.5 Å². The molecule has 44 heavy (non-hydrogen) atoms. The molecule has 2 heterocycles. The molecule has 0 spiro atoms. The van der Waals surface area contributed by atoms with Crippen LogP contribution in [0.3, 0.4) is 0 Å². The molecule has 0 aliphatic carbocycles. The number of fused-ring (bicyclic) bond motifs is 1. The molecule has 4 aromatic rings. The molecule has 1 N–H and O–H groups in total. The Bertz CT molecular complexity index is 1530. The van der Waals surface area contributed by atoms with Crippen molar-refractivity contribution in [3.05, 3.63) is 90.3 Å². The molecule has 0 saturated carbocycles. The molecule has 4 atom stereocenters. The van der Waals surface area contributed by atoms with Crippen LogP contribution in [0, 0.1) is 5.92 Å². The fourth-order valence-corrected chi connectivity index (χ4v) is 9.99. The average molecular weight is 615 g/mol. The van der Waals surface area contributed by atoms with Gasteiger partial charge in [0.1, 0.15) is 17.6 Å². The van der Waals surface area contributed by atoms with Crippen LogP contribution < -0.4 is 19.6 Å². The van der Waals surface area contributed by atoms with E-state index in [0.717, 1.165) is 47.0 Å². The molecule has 1 aromatic heterocycles. The third kappa shape index (κ3) is 6.43. The first kappa shape index (κ1) is 31.4. The van der Waals surface area contributed by atoms with Crippen LogP contribution in [0.5, 0.6) is 11.5 Å². The highest BCUT2D eigenvalue weighted by Gasteiger charge is 2.47. The van der Waals surface area contributed by atoms with Crippen molar-refractivity contribution < 1.29 is 24.1 Å². The van der Waals surface area contributed by atoms with E-state index in [1.165, 1.54) is 5.19 Å². The molecular formula is C34H42N4O5Si. The molecule has 1 unspecified atom stereocenters. The summed E-state index contributed by atoms with van der Waals surface area (Å²) in [6.45, 7) is 7.72.